The normalized spacial score (nSPS) is 18.0. The first-order valence-corrected chi connectivity index (χ1v) is 8.89. The molecule has 1 fully saturated rings. The van der Waals surface area contributed by atoms with Gasteiger partial charge in [0.1, 0.15) is 0 Å². The molecular weight excluding hydrogens is 288 g/mol. The number of aromatic amines is 1. The lowest BCUT2D eigenvalue weighted by Gasteiger charge is -2.27. The van der Waals surface area contributed by atoms with Crippen molar-refractivity contribution in [2.75, 3.05) is 0 Å². The quantitative estimate of drug-likeness (QED) is 0.745. The summed E-state index contributed by atoms with van der Waals surface area (Å²) in [6.45, 7) is 10.3. The second kappa shape index (κ2) is 5.70. The zero-order chi connectivity index (χ0) is 15.8. The van der Waals surface area contributed by atoms with Crippen molar-refractivity contribution < 1.29 is 8.42 Å². The van der Waals surface area contributed by atoms with Crippen molar-refractivity contribution in [3.63, 3.8) is 0 Å². The minimum absolute atomic E-state index is 0.115. The van der Waals surface area contributed by atoms with Crippen molar-refractivity contribution in [1.29, 1.82) is 0 Å². The molecule has 6 nitrogen and oxygen atoms in total. The van der Waals surface area contributed by atoms with E-state index < -0.39 is 10.0 Å². The summed E-state index contributed by atoms with van der Waals surface area (Å²) in [4.78, 5) is 0. The van der Waals surface area contributed by atoms with E-state index in [1.165, 1.54) is 0 Å². The van der Waals surface area contributed by atoms with Crippen LogP contribution >= 0.6 is 0 Å². The molecule has 1 aliphatic carbocycles. The molecule has 120 valence electrons. The zero-order valence-corrected chi connectivity index (χ0v) is 14.3. The molecule has 1 aromatic heterocycles. The minimum atomic E-state index is -3.61. The Morgan fingerprint density at radius 3 is 2.52 bits per heavy atom. The molecule has 1 unspecified atom stereocenters. The Morgan fingerprint density at radius 1 is 1.38 bits per heavy atom. The van der Waals surface area contributed by atoms with Gasteiger partial charge in [0.05, 0.1) is 0 Å². The number of aromatic nitrogens is 2. The molecule has 0 saturated heterocycles. The Bertz CT molecular complexity index is 597. The van der Waals surface area contributed by atoms with E-state index in [0.717, 1.165) is 24.1 Å². The minimum Gasteiger partial charge on any atom is -0.310 e. The van der Waals surface area contributed by atoms with Crippen LogP contribution in [0.2, 0.25) is 0 Å². The number of rotatable bonds is 6. The first-order chi connectivity index (χ1) is 9.61. The summed E-state index contributed by atoms with van der Waals surface area (Å²) in [5.74, 6) is 0. The van der Waals surface area contributed by atoms with Gasteiger partial charge in [0.25, 0.3) is 10.0 Å². The van der Waals surface area contributed by atoms with Gasteiger partial charge in [-0.3, -0.25) is 5.10 Å². The second-order valence-electron chi connectivity index (χ2n) is 7.00. The van der Waals surface area contributed by atoms with Crippen LogP contribution in [0.1, 0.15) is 51.8 Å². The SMILES string of the molecule is Cc1[nH]nc(S(=O)(=O)NC(C)C(C)(C)C)c1CNC1CC1. The van der Waals surface area contributed by atoms with Crippen LogP contribution < -0.4 is 10.0 Å². The van der Waals surface area contributed by atoms with Crippen LogP contribution in [0.5, 0.6) is 0 Å². The number of sulfonamides is 1. The largest absolute Gasteiger partial charge is 0.310 e. The van der Waals surface area contributed by atoms with Crippen LogP contribution in [0.4, 0.5) is 0 Å². The lowest BCUT2D eigenvalue weighted by molar-refractivity contribution is 0.317. The van der Waals surface area contributed by atoms with Gasteiger partial charge >= 0.3 is 0 Å². The highest BCUT2D eigenvalue weighted by atomic mass is 32.2. The van der Waals surface area contributed by atoms with Gasteiger partial charge < -0.3 is 5.32 Å². The van der Waals surface area contributed by atoms with Crippen LogP contribution in [-0.2, 0) is 16.6 Å². The van der Waals surface area contributed by atoms with Crippen molar-refractivity contribution in [2.45, 2.75) is 71.1 Å². The molecule has 0 aliphatic heterocycles. The van der Waals surface area contributed by atoms with E-state index in [4.69, 9.17) is 0 Å². The third kappa shape index (κ3) is 4.05. The third-order valence-corrected chi connectivity index (χ3v) is 5.58. The summed E-state index contributed by atoms with van der Waals surface area (Å²) in [5.41, 5.74) is 1.38. The van der Waals surface area contributed by atoms with E-state index >= 15 is 0 Å². The van der Waals surface area contributed by atoms with E-state index in [1.807, 2.05) is 34.6 Å². The molecule has 0 spiro atoms. The Hall–Kier alpha value is -0.920. The van der Waals surface area contributed by atoms with Gasteiger partial charge in [-0.05, 0) is 32.1 Å². The number of hydrogen-bond acceptors (Lipinski definition) is 4. The maximum absolute atomic E-state index is 12.6. The fraction of sp³-hybridized carbons (Fsp3) is 0.786. The van der Waals surface area contributed by atoms with Crippen LogP contribution in [-0.4, -0.2) is 30.7 Å². The first-order valence-electron chi connectivity index (χ1n) is 7.41. The van der Waals surface area contributed by atoms with Crippen molar-refractivity contribution in [3.8, 4) is 0 Å². The average molecular weight is 314 g/mol. The molecule has 0 bridgehead atoms. The maximum atomic E-state index is 12.6. The van der Waals surface area contributed by atoms with Gasteiger partial charge in [0.2, 0.25) is 0 Å². The number of nitrogens with one attached hydrogen (secondary N) is 3. The molecule has 1 heterocycles. The number of H-pyrrole nitrogens is 1. The van der Waals surface area contributed by atoms with Crippen LogP contribution in [0, 0.1) is 12.3 Å². The molecule has 1 aliphatic rings. The molecule has 1 atom stereocenters. The topological polar surface area (TPSA) is 86.9 Å². The summed E-state index contributed by atoms with van der Waals surface area (Å²) in [7, 11) is -3.61. The zero-order valence-electron chi connectivity index (χ0n) is 13.4. The van der Waals surface area contributed by atoms with Gasteiger partial charge in [0, 0.05) is 29.9 Å². The van der Waals surface area contributed by atoms with Gasteiger partial charge in [0.15, 0.2) is 5.03 Å². The molecule has 3 N–H and O–H groups in total. The highest BCUT2D eigenvalue weighted by Gasteiger charge is 2.30. The van der Waals surface area contributed by atoms with Crippen LogP contribution in [0.25, 0.3) is 0 Å². The summed E-state index contributed by atoms with van der Waals surface area (Å²) >= 11 is 0. The van der Waals surface area contributed by atoms with Crippen LogP contribution in [0.15, 0.2) is 5.03 Å². The average Bonchev–Trinajstić information content (AvgIpc) is 3.08. The Kier molecular flexibility index (Phi) is 4.46. The molecule has 21 heavy (non-hydrogen) atoms. The fourth-order valence-electron chi connectivity index (χ4n) is 1.86. The molecule has 0 amide bonds. The highest BCUT2D eigenvalue weighted by molar-refractivity contribution is 7.89. The second-order valence-corrected chi connectivity index (χ2v) is 8.63. The van der Waals surface area contributed by atoms with Crippen molar-refractivity contribution in [1.82, 2.24) is 20.2 Å². The lowest BCUT2D eigenvalue weighted by atomic mass is 9.89. The van der Waals surface area contributed by atoms with Gasteiger partial charge in [-0.15, -0.1) is 0 Å². The monoisotopic (exact) mass is 314 g/mol. The molecule has 1 aromatic rings. The summed E-state index contributed by atoms with van der Waals surface area (Å²) in [5, 5.41) is 10.3. The fourth-order valence-corrected chi connectivity index (χ4v) is 3.51. The van der Waals surface area contributed by atoms with E-state index in [2.05, 4.69) is 20.2 Å². The standard InChI is InChI=1S/C14H26N4O2S/c1-9-12(8-15-11-6-7-11)13(17-16-9)21(19,20)18-10(2)14(3,4)5/h10-11,15,18H,6-8H2,1-5H3,(H,16,17). The van der Waals surface area contributed by atoms with Gasteiger partial charge in [-0.25, -0.2) is 13.1 Å². The van der Waals surface area contributed by atoms with Gasteiger partial charge in [-0.1, -0.05) is 20.8 Å². The molecular formula is C14H26N4O2S. The lowest BCUT2D eigenvalue weighted by Crippen LogP contribution is -2.41. The van der Waals surface area contributed by atoms with E-state index in [9.17, 15) is 8.42 Å². The summed E-state index contributed by atoms with van der Waals surface area (Å²) in [6.07, 6.45) is 2.33. The molecule has 1 saturated carbocycles. The molecule has 0 aromatic carbocycles. The van der Waals surface area contributed by atoms with Crippen LogP contribution in [0.3, 0.4) is 0 Å². The summed E-state index contributed by atoms with van der Waals surface area (Å²) < 4.78 is 27.9. The highest BCUT2D eigenvalue weighted by Crippen LogP contribution is 2.24. The predicted molar refractivity (Wildman–Crippen MR) is 82.4 cm³/mol. The van der Waals surface area contributed by atoms with Crippen molar-refractivity contribution in [2.24, 2.45) is 5.41 Å². The van der Waals surface area contributed by atoms with Gasteiger partial charge in [-0.2, -0.15) is 5.10 Å². The molecule has 2 rings (SSSR count). The number of aryl methyl sites for hydroxylation is 1. The number of hydrogen-bond donors (Lipinski definition) is 3. The van der Waals surface area contributed by atoms with E-state index in [0.29, 0.717) is 12.6 Å². The Morgan fingerprint density at radius 2 is 2.00 bits per heavy atom. The summed E-state index contributed by atoms with van der Waals surface area (Å²) in [6, 6.07) is 0.347. The number of nitrogens with zero attached hydrogens (tertiary/aromatic N) is 1. The molecule has 0 radical (unpaired) electrons. The first kappa shape index (κ1) is 16.5. The maximum Gasteiger partial charge on any atom is 0.260 e. The predicted octanol–water partition coefficient (Wildman–Crippen LogP) is 1.68. The smallest absolute Gasteiger partial charge is 0.260 e. The van der Waals surface area contributed by atoms with E-state index in [-0.39, 0.29) is 16.5 Å². The Balaban J connectivity index is 2.19. The third-order valence-electron chi connectivity index (χ3n) is 4.07. The van der Waals surface area contributed by atoms with E-state index in [1.54, 1.807) is 0 Å². The van der Waals surface area contributed by atoms with Crippen molar-refractivity contribution in [3.05, 3.63) is 11.3 Å². The van der Waals surface area contributed by atoms with Crippen molar-refractivity contribution >= 4 is 10.0 Å². The Labute approximate surface area is 127 Å². The molecule has 7 heteroatoms.